The summed E-state index contributed by atoms with van der Waals surface area (Å²) >= 11 is 0. The Kier molecular flexibility index (Phi) is 9.84. The van der Waals surface area contributed by atoms with Crippen molar-refractivity contribution < 1.29 is 17.9 Å². The van der Waals surface area contributed by atoms with E-state index in [-0.39, 0.29) is 17.9 Å². The normalized spacial score (nSPS) is 14.0. The van der Waals surface area contributed by atoms with Crippen LogP contribution in [0.15, 0.2) is 4.99 Å². The summed E-state index contributed by atoms with van der Waals surface area (Å²) in [5.41, 5.74) is -0.528. The Morgan fingerprint density at radius 3 is 2.40 bits per heavy atom. The lowest BCUT2D eigenvalue weighted by Gasteiger charge is -2.24. The lowest BCUT2D eigenvalue weighted by molar-refractivity contribution is 0.0304. The molecule has 0 aromatic rings. The Morgan fingerprint density at radius 1 is 1.32 bits per heavy atom. The maximum Gasteiger partial charge on any atom is 0.410 e. The second kappa shape index (κ2) is 10.5. The molecule has 0 aliphatic heterocycles. The van der Waals surface area contributed by atoms with Gasteiger partial charge >= 0.3 is 6.09 Å². The van der Waals surface area contributed by atoms with Crippen LogP contribution in [-0.4, -0.2) is 75.7 Å². The van der Waals surface area contributed by atoms with E-state index in [4.69, 9.17) is 4.74 Å². The van der Waals surface area contributed by atoms with Crippen LogP contribution in [0.5, 0.6) is 0 Å². The summed E-state index contributed by atoms with van der Waals surface area (Å²) in [7, 11) is -1.31. The predicted molar refractivity (Wildman–Crippen MR) is 102 cm³/mol. The lowest BCUT2D eigenvalue weighted by Crippen LogP contribution is -2.43. The Balaban J connectivity index is 4.50. The van der Waals surface area contributed by atoms with E-state index < -0.39 is 15.4 Å². The minimum atomic E-state index is -2.98. The Bertz CT molecular complexity index is 541. The van der Waals surface area contributed by atoms with E-state index in [9.17, 15) is 13.2 Å². The second-order valence-electron chi connectivity index (χ2n) is 7.13. The molecule has 9 heteroatoms. The number of rotatable bonds is 8. The molecule has 1 amide bonds. The van der Waals surface area contributed by atoms with Crippen molar-refractivity contribution in [1.82, 2.24) is 15.5 Å². The van der Waals surface area contributed by atoms with Crippen LogP contribution >= 0.6 is 0 Å². The largest absolute Gasteiger partial charge is 0.444 e. The fraction of sp³-hybridized carbons (Fsp3) is 0.875. The van der Waals surface area contributed by atoms with Crippen LogP contribution in [0.25, 0.3) is 0 Å². The van der Waals surface area contributed by atoms with E-state index in [0.717, 1.165) is 0 Å². The van der Waals surface area contributed by atoms with Crippen LogP contribution < -0.4 is 10.6 Å². The summed E-state index contributed by atoms with van der Waals surface area (Å²) in [5.74, 6) is 0.725. The summed E-state index contributed by atoms with van der Waals surface area (Å²) in [4.78, 5) is 17.8. The Morgan fingerprint density at radius 2 is 1.92 bits per heavy atom. The first-order chi connectivity index (χ1) is 11.3. The molecule has 2 N–H and O–H groups in total. The number of ether oxygens (including phenoxy) is 1. The first-order valence-corrected chi connectivity index (χ1v) is 10.6. The molecular weight excluding hydrogens is 344 g/mol. The fourth-order valence-electron chi connectivity index (χ4n) is 1.76. The average molecular weight is 379 g/mol. The van der Waals surface area contributed by atoms with E-state index in [0.29, 0.717) is 32.0 Å². The van der Waals surface area contributed by atoms with Gasteiger partial charge in [0.05, 0.1) is 12.3 Å². The molecule has 0 fully saturated rings. The fourth-order valence-corrected chi connectivity index (χ4v) is 2.54. The van der Waals surface area contributed by atoms with Gasteiger partial charge in [0.25, 0.3) is 0 Å². The highest BCUT2D eigenvalue weighted by Gasteiger charge is 2.19. The number of aliphatic imine (C=N–C) groups is 1. The number of hydrogen-bond donors (Lipinski definition) is 2. The molecular formula is C16H34N4O4S. The van der Waals surface area contributed by atoms with E-state index in [1.54, 1.807) is 7.05 Å². The van der Waals surface area contributed by atoms with E-state index in [2.05, 4.69) is 15.6 Å². The number of guanidine groups is 1. The maximum absolute atomic E-state index is 11.9. The molecule has 0 saturated heterocycles. The van der Waals surface area contributed by atoms with E-state index in [1.165, 1.54) is 11.2 Å². The third kappa shape index (κ3) is 13.5. The van der Waals surface area contributed by atoms with Crippen LogP contribution in [0.2, 0.25) is 0 Å². The molecule has 1 unspecified atom stereocenters. The van der Waals surface area contributed by atoms with Crippen molar-refractivity contribution in [2.24, 2.45) is 4.99 Å². The summed E-state index contributed by atoms with van der Waals surface area (Å²) in [6, 6.07) is -0.0314. The maximum atomic E-state index is 11.9. The lowest BCUT2D eigenvalue weighted by atomic mass is 10.2. The molecule has 0 bridgehead atoms. The molecule has 0 aliphatic carbocycles. The monoisotopic (exact) mass is 378 g/mol. The van der Waals surface area contributed by atoms with Gasteiger partial charge in [-0.15, -0.1) is 0 Å². The number of carbonyl (C=O) groups excluding carboxylic acids is 1. The smallest absolute Gasteiger partial charge is 0.410 e. The molecule has 8 nitrogen and oxygen atoms in total. The Hall–Kier alpha value is -1.51. The van der Waals surface area contributed by atoms with Crippen LogP contribution in [0.1, 0.15) is 41.0 Å². The summed E-state index contributed by atoms with van der Waals surface area (Å²) < 4.78 is 27.8. The van der Waals surface area contributed by atoms with Crippen molar-refractivity contribution in [2.75, 3.05) is 38.7 Å². The molecule has 0 aliphatic rings. The number of carbonyl (C=O) groups is 1. The van der Waals surface area contributed by atoms with Crippen LogP contribution in [0, 0.1) is 0 Å². The molecule has 0 spiro atoms. The van der Waals surface area contributed by atoms with Crippen molar-refractivity contribution in [3.05, 3.63) is 0 Å². The van der Waals surface area contributed by atoms with Crippen LogP contribution in [0.4, 0.5) is 4.79 Å². The van der Waals surface area contributed by atoms with Gasteiger partial charge < -0.3 is 20.3 Å². The molecule has 148 valence electrons. The number of likely N-dealkylation sites (N-methyl/N-ethyl adjacent to an activating group) is 1. The van der Waals surface area contributed by atoms with Crippen molar-refractivity contribution in [3.63, 3.8) is 0 Å². The molecule has 0 rings (SSSR count). The van der Waals surface area contributed by atoms with Gasteiger partial charge in [-0.1, -0.05) is 0 Å². The van der Waals surface area contributed by atoms with Gasteiger partial charge in [-0.2, -0.15) is 0 Å². The molecule has 0 heterocycles. The number of nitrogens with zero attached hydrogens (tertiary/aromatic N) is 2. The van der Waals surface area contributed by atoms with Crippen LogP contribution in [-0.2, 0) is 14.6 Å². The van der Waals surface area contributed by atoms with Gasteiger partial charge in [-0.3, -0.25) is 4.99 Å². The van der Waals surface area contributed by atoms with Crippen LogP contribution in [0.3, 0.4) is 0 Å². The first kappa shape index (κ1) is 23.5. The minimum Gasteiger partial charge on any atom is -0.444 e. The highest BCUT2D eigenvalue weighted by atomic mass is 32.2. The summed E-state index contributed by atoms with van der Waals surface area (Å²) in [5, 5.41) is 6.28. The number of nitrogens with one attached hydrogen (secondary N) is 2. The van der Waals surface area contributed by atoms with Gasteiger partial charge in [-0.05, 0) is 41.0 Å². The van der Waals surface area contributed by atoms with Gasteiger partial charge in [0.2, 0.25) is 0 Å². The average Bonchev–Trinajstić information content (AvgIpc) is 2.42. The Labute approximate surface area is 152 Å². The number of amides is 1. The van der Waals surface area contributed by atoms with Crippen molar-refractivity contribution >= 4 is 21.9 Å². The zero-order chi connectivity index (χ0) is 19.7. The SMILES string of the molecule is CCNC(=NCCN(C)C(=O)OC(C)(C)C)NC(C)CCS(C)(=O)=O. The third-order valence-electron chi connectivity index (χ3n) is 3.06. The molecule has 0 aromatic heterocycles. The standard InChI is InChI=1S/C16H34N4O4S/c1-8-17-14(19-13(2)9-12-25(7,22)23)18-10-11-20(6)15(21)24-16(3,4)5/h13H,8-12H2,1-7H3,(H2,17,18,19). The van der Waals surface area contributed by atoms with Gasteiger partial charge in [0.15, 0.2) is 5.96 Å². The number of sulfone groups is 1. The zero-order valence-corrected chi connectivity index (χ0v) is 17.4. The third-order valence-corrected chi connectivity index (χ3v) is 4.04. The quantitative estimate of drug-likeness (QED) is 0.487. The molecule has 0 saturated carbocycles. The number of hydrogen-bond acceptors (Lipinski definition) is 5. The summed E-state index contributed by atoms with van der Waals surface area (Å²) in [6.07, 6.45) is 1.34. The van der Waals surface area contributed by atoms with Crippen molar-refractivity contribution in [1.29, 1.82) is 0 Å². The predicted octanol–water partition coefficient (Wildman–Crippen LogP) is 1.23. The highest BCUT2D eigenvalue weighted by molar-refractivity contribution is 7.90. The second-order valence-corrected chi connectivity index (χ2v) is 9.39. The minimum absolute atomic E-state index is 0.0314. The highest BCUT2D eigenvalue weighted by Crippen LogP contribution is 2.08. The van der Waals surface area contributed by atoms with E-state index in [1.807, 2.05) is 34.6 Å². The topological polar surface area (TPSA) is 100 Å². The van der Waals surface area contributed by atoms with E-state index >= 15 is 0 Å². The van der Waals surface area contributed by atoms with Crippen molar-refractivity contribution in [2.45, 2.75) is 52.7 Å². The molecule has 0 aromatic carbocycles. The summed E-state index contributed by atoms with van der Waals surface area (Å²) in [6.45, 7) is 10.8. The molecule has 1 atom stereocenters. The van der Waals surface area contributed by atoms with Crippen molar-refractivity contribution in [3.8, 4) is 0 Å². The molecule has 0 radical (unpaired) electrons. The zero-order valence-electron chi connectivity index (χ0n) is 16.5. The van der Waals surface area contributed by atoms with Gasteiger partial charge in [-0.25, -0.2) is 13.2 Å². The van der Waals surface area contributed by atoms with Gasteiger partial charge in [0.1, 0.15) is 15.4 Å². The first-order valence-electron chi connectivity index (χ1n) is 8.50. The van der Waals surface area contributed by atoms with Gasteiger partial charge in [0, 0.05) is 32.4 Å². The molecule has 25 heavy (non-hydrogen) atoms.